The maximum Gasteiger partial charge on any atom is 0.234 e. The fourth-order valence-corrected chi connectivity index (χ4v) is 4.68. The van der Waals surface area contributed by atoms with Gasteiger partial charge in [-0.2, -0.15) is 0 Å². The van der Waals surface area contributed by atoms with Crippen LogP contribution >= 0.6 is 0 Å². The van der Waals surface area contributed by atoms with E-state index in [1.807, 2.05) is 66.7 Å². The van der Waals surface area contributed by atoms with Crippen molar-refractivity contribution in [3.05, 3.63) is 72.3 Å². The summed E-state index contributed by atoms with van der Waals surface area (Å²) in [5, 5.41) is 2.99. The minimum Gasteiger partial charge on any atom is -0.497 e. The van der Waals surface area contributed by atoms with Gasteiger partial charge in [-0.25, -0.2) is 0 Å². The summed E-state index contributed by atoms with van der Waals surface area (Å²) in [5.74, 6) is -0.495. The van der Waals surface area contributed by atoms with Crippen molar-refractivity contribution in [2.24, 2.45) is 11.8 Å². The molecule has 5 rings (SSSR count). The van der Waals surface area contributed by atoms with Crippen molar-refractivity contribution in [2.45, 2.75) is 18.2 Å². The summed E-state index contributed by atoms with van der Waals surface area (Å²) >= 11 is 0. The Kier molecular flexibility index (Phi) is 4.17. The van der Waals surface area contributed by atoms with Gasteiger partial charge in [-0.05, 0) is 29.8 Å². The molecule has 3 aliphatic rings. The van der Waals surface area contributed by atoms with Crippen LogP contribution in [0.1, 0.15) is 5.56 Å². The van der Waals surface area contributed by atoms with E-state index in [0.717, 1.165) is 17.0 Å². The number of methoxy groups -OCH3 is 1. The van der Waals surface area contributed by atoms with E-state index >= 15 is 0 Å². The molecule has 1 N–H and O–H groups in total. The van der Waals surface area contributed by atoms with Gasteiger partial charge in [0.1, 0.15) is 11.4 Å². The first kappa shape index (κ1) is 17.9. The third kappa shape index (κ3) is 2.83. The zero-order valence-corrected chi connectivity index (χ0v) is 16.1. The van der Waals surface area contributed by atoms with Gasteiger partial charge in [0.15, 0.2) is 0 Å². The fraction of sp³-hybridized carbons (Fsp3) is 0.304. The lowest BCUT2D eigenvalue weighted by atomic mass is 9.77. The van der Waals surface area contributed by atoms with Crippen molar-refractivity contribution in [1.29, 1.82) is 0 Å². The minimum atomic E-state index is -0.726. The van der Waals surface area contributed by atoms with Crippen LogP contribution in [-0.2, 0) is 20.9 Å². The number of fused-ring (bicyclic) bond motifs is 1. The molecule has 1 spiro atoms. The topological polar surface area (TPSA) is 67.9 Å². The van der Waals surface area contributed by atoms with E-state index in [1.54, 1.807) is 12.0 Å². The van der Waals surface area contributed by atoms with E-state index in [4.69, 9.17) is 9.47 Å². The Hall–Kier alpha value is -3.12. The van der Waals surface area contributed by atoms with Crippen LogP contribution in [0.25, 0.3) is 0 Å². The molecule has 0 unspecified atom stereocenters. The van der Waals surface area contributed by atoms with Gasteiger partial charge in [0.05, 0.1) is 31.6 Å². The molecule has 2 fully saturated rings. The van der Waals surface area contributed by atoms with E-state index < -0.39 is 17.4 Å². The molecule has 0 radical (unpaired) electrons. The zero-order valence-electron chi connectivity index (χ0n) is 16.1. The van der Waals surface area contributed by atoms with Crippen LogP contribution in [-0.4, -0.2) is 37.2 Å². The highest BCUT2D eigenvalue weighted by atomic mass is 16.5. The third-order valence-electron chi connectivity index (χ3n) is 6.10. The molecule has 2 aromatic carbocycles. The monoisotopic (exact) mass is 390 g/mol. The minimum absolute atomic E-state index is 0.0677. The fourth-order valence-electron chi connectivity index (χ4n) is 4.68. The predicted octanol–water partition coefficient (Wildman–Crippen LogP) is 2.30. The molecule has 4 atom stereocenters. The smallest absolute Gasteiger partial charge is 0.234 e. The van der Waals surface area contributed by atoms with E-state index in [-0.39, 0.29) is 17.9 Å². The normalized spacial score (nSPS) is 29.2. The average Bonchev–Trinajstić information content (AvgIpc) is 3.41. The SMILES string of the molecule is COc1ccc(N2C[C@@]34C=C[C@@H](O3)[C@@H](C(=O)NCc3ccccc3)[C@H]4C2=O)cc1. The number of hydrogen-bond acceptors (Lipinski definition) is 4. The summed E-state index contributed by atoms with van der Waals surface area (Å²) < 4.78 is 11.4. The molecule has 0 aliphatic carbocycles. The van der Waals surface area contributed by atoms with E-state index in [0.29, 0.717) is 13.1 Å². The first-order valence-corrected chi connectivity index (χ1v) is 9.75. The van der Waals surface area contributed by atoms with Gasteiger partial charge in [0.25, 0.3) is 0 Å². The van der Waals surface area contributed by atoms with Gasteiger partial charge in [-0.15, -0.1) is 0 Å². The summed E-state index contributed by atoms with van der Waals surface area (Å²) in [6.45, 7) is 0.848. The van der Waals surface area contributed by atoms with Crippen LogP contribution in [0.15, 0.2) is 66.7 Å². The molecule has 2 bridgehead atoms. The van der Waals surface area contributed by atoms with Gasteiger partial charge >= 0.3 is 0 Å². The number of carbonyl (C=O) groups excluding carboxylic acids is 2. The number of carbonyl (C=O) groups is 2. The molecule has 2 saturated heterocycles. The van der Waals surface area contributed by atoms with Crippen LogP contribution < -0.4 is 15.0 Å². The molecular formula is C23H22N2O4. The highest BCUT2D eigenvalue weighted by molar-refractivity contribution is 6.03. The second-order valence-electron chi connectivity index (χ2n) is 7.73. The number of nitrogens with zero attached hydrogens (tertiary/aromatic N) is 1. The van der Waals surface area contributed by atoms with E-state index in [1.165, 1.54) is 0 Å². The Morgan fingerprint density at radius 3 is 2.69 bits per heavy atom. The molecule has 2 amide bonds. The number of benzene rings is 2. The van der Waals surface area contributed by atoms with Gasteiger partial charge in [-0.3, -0.25) is 9.59 Å². The van der Waals surface area contributed by atoms with Gasteiger partial charge < -0.3 is 19.7 Å². The molecule has 3 aliphatic heterocycles. The highest BCUT2D eigenvalue weighted by Crippen LogP contribution is 2.52. The van der Waals surface area contributed by atoms with Crippen molar-refractivity contribution in [1.82, 2.24) is 5.32 Å². The molecule has 148 valence electrons. The highest BCUT2D eigenvalue weighted by Gasteiger charge is 2.67. The lowest BCUT2D eigenvalue weighted by molar-refractivity contribution is -0.132. The molecule has 3 heterocycles. The van der Waals surface area contributed by atoms with Crippen LogP contribution in [0.4, 0.5) is 5.69 Å². The molecule has 29 heavy (non-hydrogen) atoms. The number of nitrogens with one attached hydrogen (secondary N) is 1. The molecule has 6 nitrogen and oxygen atoms in total. The largest absolute Gasteiger partial charge is 0.497 e. The third-order valence-corrected chi connectivity index (χ3v) is 6.10. The molecular weight excluding hydrogens is 368 g/mol. The summed E-state index contributed by atoms with van der Waals surface area (Å²) in [5.41, 5.74) is 1.08. The predicted molar refractivity (Wildman–Crippen MR) is 107 cm³/mol. The molecule has 0 saturated carbocycles. The average molecular weight is 390 g/mol. The summed E-state index contributed by atoms with van der Waals surface area (Å²) in [7, 11) is 1.61. The quantitative estimate of drug-likeness (QED) is 0.796. The van der Waals surface area contributed by atoms with E-state index in [2.05, 4.69) is 5.32 Å². The second kappa shape index (κ2) is 6.74. The van der Waals surface area contributed by atoms with E-state index in [9.17, 15) is 9.59 Å². The zero-order chi connectivity index (χ0) is 20.0. The van der Waals surface area contributed by atoms with Gasteiger partial charge in [0, 0.05) is 12.2 Å². The number of rotatable bonds is 5. The summed E-state index contributed by atoms with van der Waals surface area (Å²) in [4.78, 5) is 28.0. The number of anilines is 1. The lowest BCUT2D eigenvalue weighted by Gasteiger charge is -2.23. The number of ether oxygens (including phenoxy) is 2. The summed E-state index contributed by atoms with van der Waals surface area (Å²) in [6.07, 6.45) is 3.54. The van der Waals surface area contributed by atoms with Crippen LogP contribution in [0.5, 0.6) is 5.75 Å². The van der Waals surface area contributed by atoms with Gasteiger partial charge in [0.2, 0.25) is 11.8 Å². The molecule has 0 aromatic heterocycles. The summed E-state index contributed by atoms with van der Waals surface area (Å²) in [6, 6.07) is 17.1. The lowest BCUT2D eigenvalue weighted by Crippen LogP contribution is -2.43. The van der Waals surface area contributed by atoms with Crippen molar-refractivity contribution in [2.75, 3.05) is 18.6 Å². The first-order chi connectivity index (χ1) is 14.1. The van der Waals surface area contributed by atoms with Crippen molar-refractivity contribution >= 4 is 17.5 Å². The molecule has 2 aromatic rings. The number of hydrogen-bond donors (Lipinski definition) is 1. The Labute approximate surface area is 169 Å². The maximum absolute atomic E-state index is 13.3. The molecule has 6 heteroatoms. The standard InChI is InChI=1S/C23H22N2O4/c1-28-17-9-7-16(8-10-17)25-14-23-12-11-18(29-23)19(20(23)22(25)27)21(26)24-13-15-5-3-2-4-6-15/h2-12,18-20H,13-14H2,1H3,(H,24,26)/t18-,19-,20+,23-/m1/s1. The Morgan fingerprint density at radius 1 is 1.21 bits per heavy atom. The number of amides is 2. The maximum atomic E-state index is 13.3. The second-order valence-corrected chi connectivity index (χ2v) is 7.73. The van der Waals surface area contributed by atoms with Crippen LogP contribution in [0.3, 0.4) is 0 Å². The van der Waals surface area contributed by atoms with Crippen molar-refractivity contribution in [3.8, 4) is 5.75 Å². The van der Waals surface area contributed by atoms with Crippen molar-refractivity contribution in [3.63, 3.8) is 0 Å². The Balaban J connectivity index is 1.37. The first-order valence-electron chi connectivity index (χ1n) is 9.75. The van der Waals surface area contributed by atoms with Crippen LogP contribution in [0.2, 0.25) is 0 Å². The Bertz CT molecular complexity index is 972. The van der Waals surface area contributed by atoms with Gasteiger partial charge in [-0.1, -0.05) is 42.5 Å². The Morgan fingerprint density at radius 2 is 1.97 bits per heavy atom. The van der Waals surface area contributed by atoms with Crippen molar-refractivity contribution < 1.29 is 19.1 Å². The van der Waals surface area contributed by atoms with Crippen LogP contribution in [0, 0.1) is 11.8 Å².